The molecular formula is C24H25NO2. The number of nitrogens with one attached hydrogen (secondary N) is 1. The van der Waals surface area contributed by atoms with Crippen LogP contribution in [0.2, 0.25) is 0 Å². The fourth-order valence-electron chi connectivity index (χ4n) is 3.22. The third-order valence-corrected chi connectivity index (χ3v) is 4.64. The fourth-order valence-corrected chi connectivity index (χ4v) is 3.22. The fraction of sp³-hybridized carbons (Fsp3) is 0.208. The number of carbonyl (C=O) groups excluding carboxylic acids is 1. The van der Waals surface area contributed by atoms with Crippen molar-refractivity contribution in [3.8, 4) is 5.75 Å². The zero-order chi connectivity index (χ0) is 19.2. The first-order valence-electron chi connectivity index (χ1n) is 9.25. The first-order chi connectivity index (χ1) is 13.1. The van der Waals surface area contributed by atoms with Crippen LogP contribution in [0.5, 0.6) is 5.75 Å². The van der Waals surface area contributed by atoms with E-state index in [1.165, 1.54) is 0 Å². The number of carbonyl (C=O) groups is 1. The molecule has 0 fully saturated rings. The molecule has 138 valence electrons. The monoisotopic (exact) mass is 359 g/mol. The second-order valence-electron chi connectivity index (χ2n) is 6.59. The maximum atomic E-state index is 13.0. The molecule has 1 N–H and O–H groups in total. The maximum absolute atomic E-state index is 13.0. The quantitative estimate of drug-likeness (QED) is 0.655. The molecule has 3 aromatic rings. The number of amides is 1. The van der Waals surface area contributed by atoms with Crippen molar-refractivity contribution in [1.29, 1.82) is 0 Å². The Morgan fingerprint density at radius 3 is 2.30 bits per heavy atom. The van der Waals surface area contributed by atoms with Gasteiger partial charge in [0.15, 0.2) is 0 Å². The van der Waals surface area contributed by atoms with Crippen LogP contribution in [0.1, 0.15) is 45.6 Å². The number of ether oxygens (including phenoxy) is 1. The van der Waals surface area contributed by atoms with E-state index in [4.69, 9.17) is 4.74 Å². The molecule has 27 heavy (non-hydrogen) atoms. The average Bonchev–Trinajstić information content (AvgIpc) is 2.69. The molecule has 0 radical (unpaired) electrons. The van der Waals surface area contributed by atoms with Crippen molar-refractivity contribution in [3.05, 3.63) is 101 Å². The van der Waals surface area contributed by atoms with Crippen LogP contribution in [-0.2, 0) is 0 Å². The van der Waals surface area contributed by atoms with Gasteiger partial charge < -0.3 is 10.1 Å². The molecule has 0 saturated heterocycles. The van der Waals surface area contributed by atoms with Crippen LogP contribution in [0.4, 0.5) is 0 Å². The molecule has 1 atom stereocenters. The first-order valence-corrected chi connectivity index (χ1v) is 9.25. The zero-order valence-corrected chi connectivity index (χ0v) is 16.0. The number of rotatable bonds is 6. The molecule has 0 aliphatic rings. The van der Waals surface area contributed by atoms with E-state index in [-0.39, 0.29) is 11.9 Å². The summed E-state index contributed by atoms with van der Waals surface area (Å²) in [6.45, 7) is 6.58. The molecule has 3 rings (SSSR count). The van der Waals surface area contributed by atoms with Gasteiger partial charge >= 0.3 is 0 Å². The van der Waals surface area contributed by atoms with Crippen molar-refractivity contribution in [2.75, 3.05) is 6.61 Å². The molecular weight excluding hydrogens is 334 g/mol. The van der Waals surface area contributed by atoms with Gasteiger partial charge in [-0.1, -0.05) is 54.6 Å². The summed E-state index contributed by atoms with van der Waals surface area (Å²) in [6, 6.07) is 23.6. The highest BCUT2D eigenvalue weighted by Gasteiger charge is 2.19. The van der Waals surface area contributed by atoms with E-state index < -0.39 is 0 Å². The minimum Gasteiger partial charge on any atom is -0.494 e. The largest absolute Gasteiger partial charge is 0.494 e. The molecule has 0 aromatic heterocycles. The zero-order valence-electron chi connectivity index (χ0n) is 16.0. The van der Waals surface area contributed by atoms with Crippen LogP contribution in [0, 0.1) is 13.8 Å². The standard InChI is InChI=1S/C24H25NO2/c1-4-27-22-15-14-20(16-18(22)3)24(26)25-23(19-11-6-5-7-12-19)21-13-9-8-10-17(21)2/h5-16,23H,4H2,1-3H3,(H,25,26)/t23-/m1/s1. The van der Waals surface area contributed by atoms with E-state index in [9.17, 15) is 4.79 Å². The lowest BCUT2D eigenvalue weighted by Crippen LogP contribution is -2.29. The normalized spacial score (nSPS) is 11.7. The van der Waals surface area contributed by atoms with Gasteiger partial charge in [-0.3, -0.25) is 4.79 Å². The molecule has 3 aromatic carbocycles. The summed E-state index contributed by atoms with van der Waals surface area (Å²) in [5.41, 5.74) is 4.89. The first kappa shape index (κ1) is 18.7. The van der Waals surface area contributed by atoms with Crippen molar-refractivity contribution < 1.29 is 9.53 Å². The van der Waals surface area contributed by atoms with Gasteiger partial charge in [-0.2, -0.15) is 0 Å². The summed E-state index contributed by atoms with van der Waals surface area (Å²) in [6.07, 6.45) is 0. The SMILES string of the molecule is CCOc1ccc(C(=O)N[C@H](c2ccccc2)c2ccccc2C)cc1C. The number of hydrogen-bond acceptors (Lipinski definition) is 2. The number of aryl methyl sites for hydroxylation is 2. The molecule has 0 heterocycles. The Kier molecular flexibility index (Phi) is 5.92. The van der Waals surface area contributed by atoms with Crippen molar-refractivity contribution in [2.45, 2.75) is 26.8 Å². The van der Waals surface area contributed by atoms with Crippen LogP contribution < -0.4 is 10.1 Å². The third-order valence-electron chi connectivity index (χ3n) is 4.64. The van der Waals surface area contributed by atoms with E-state index in [1.807, 2.05) is 74.5 Å². The van der Waals surface area contributed by atoms with E-state index in [1.54, 1.807) is 0 Å². The second-order valence-corrected chi connectivity index (χ2v) is 6.59. The Hall–Kier alpha value is -3.07. The molecule has 3 heteroatoms. The van der Waals surface area contributed by atoms with Gasteiger partial charge in [0.2, 0.25) is 0 Å². The molecule has 0 unspecified atom stereocenters. The van der Waals surface area contributed by atoms with Crippen LogP contribution in [0.3, 0.4) is 0 Å². The van der Waals surface area contributed by atoms with E-state index in [2.05, 4.69) is 24.4 Å². The van der Waals surface area contributed by atoms with E-state index in [0.717, 1.165) is 28.0 Å². The van der Waals surface area contributed by atoms with E-state index >= 15 is 0 Å². The van der Waals surface area contributed by atoms with Gasteiger partial charge in [-0.15, -0.1) is 0 Å². The highest BCUT2D eigenvalue weighted by molar-refractivity contribution is 5.95. The molecule has 0 aliphatic carbocycles. The highest BCUT2D eigenvalue weighted by Crippen LogP contribution is 2.26. The predicted molar refractivity (Wildman–Crippen MR) is 109 cm³/mol. The summed E-state index contributed by atoms with van der Waals surface area (Å²) >= 11 is 0. The second kappa shape index (κ2) is 8.54. The summed E-state index contributed by atoms with van der Waals surface area (Å²) in [5.74, 6) is 0.714. The number of benzene rings is 3. The van der Waals surface area contributed by atoms with Gasteiger partial charge in [-0.05, 0) is 61.2 Å². The Bertz CT molecular complexity index is 919. The maximum Gasteiger partial charge on any atom is 0.252 e. The van der Waals surface area contributed by atoms with Crippen LogP contribution >= 0.6 is 0 Å². The summed E-state index contributed by atoms with van der Waals surface area (Å²) < 4.78 is 5.58. The lowest BCUT2D eigenvalue weighted by Gasteiger charge is -2.22. The summed E-state index contributed by atoms with van der Waals surface area (Å²) in [4.78, 5) is 13.0. The topological polar surface area (TPSA) is 38.3 Å². The molecule has 0 bridgehead atoms. The minimum atomic E-state index is -0.202. The van der Waals surface area contributed by atoms with Crippen molar-refractivity contribution in [1.82, 2.24) is 5.32 Å². The van der Waals surface area contributed by atoms with Crippen LogP contribution in [-0.4, -0.2) is 12.5 Å². The van der Waals surface area contributed by atoms with Crippen molar-refractivity contribution >= 4 is 5.91 Å². The Balaban J connectivity index is 1.92. The van der Waals surface area contributed by atoms with Gasteiger partial charge in [0, 0.05) is 5.56 Å². The van der Waals surface area contributed by atoms with Gasteiger partial charge in [-0.25, -0.2) is 0 Å². The molecule has 0 spiro atoms. The predicted octanol–water partition coefficient (Wildman–Crippen LogP) is 5.22. The van der Waals surface area contributed by atoms with Gasteiger partial charge in [0.25, 0.3) is 5.91 Å². The van der Waals surface area contributed by atoms with Gasteiger partial charge in [0.05, 0.1) is 12.6 Å². The lowest BCUT2D eigenvalue weighted by atomic mass is 9.94. The summed E-state index contributed by atoms with van der Waals surface area (Å²) in [7, 11) is 0. The molecule has 0 saturated carbocycles. The molecule has 3 nitrogen and oxygen atoms in total. The highest BCUT2D eigenvalue weighted by atomic mass is 16.5. The van der Waals surface area contributed by atoms with Crippen molar-refractivity contribution in [3.63, 3.8) is 0 Å². The van der Waals surface area contributed by atoms with Crippen LogP contribution in [0.25, 0.3) is 0 Å². The molecule has 0 aliphatic heterocycles. The Morgan fingerprint density at radius 1 is 0.926 bits per heavy atom. The third kappa shape index (κ3) is 4.37. The smallest absolute Gasteiger partial charge is 0.252 e. The average molecular weight is 359 g/mol. The minimum absolute atomic E-state index is 0.0988. The van der Waals surface area contributed by atoms with Gasteiger partial charge in [0.1, 0.15) is 5.75 Å². The lowest BCUT2D eigenvalue weighted by molar-refractivity contribution is 0.0943. The Labute approximate surface area is 161 Å². The van der Waals surface area contributed by atoms with E-state index in [0.29, 0.717) is 12.2 Å². The molecule has 1 amide bonds. The Morgan fingerprint density at radius 2 is 1.63 bits per heavy atom. The van der Waals surface area contributed by atoms with Crippen LogP contribution in [0.15, 0.2) is 72.8 Å². The van der Waals surface area contributed by atoms with Crippen molar-refractivity contribution in [2.24, 2.45) is 0 Å². The number of hydrogen-bond donors (Lipinski definition) is 1. The summed E-state index contributed by atoms with van der Waals surface area (Å²) in [5, 5.41) is 3.21.